The SMILES string of the molecule is Cc1nc2ccc(NC(=O)NC3CCCC3)cn2c1C. The van der Waals surface area contributed by atoms with Crippen molar-refractivity contribution >= 4 is 17.4 Å². The number of imidazole rings is 1. The molecule has 2 N–H and O–H groups in total. The number of rotatable bonds is 2. The smallest absolute Gasteiger partial charge is 0.319 e. The van der Waals surface area contributed by atoms with E-state index in [9.17, 15) is 4.79 Å². The van der Waals surface area contributed by atoms with Gasteiger partial charge in [0.05, 0.1) is 11.4 Å². The van der Waals surface area contributed by atoms with Crippen LogP contribution in [-0.4, -0.2) is 21.5 Å². The van der Waals surface area contributed by atoms with E-state index in [-0.39, 0.29) is 6.03 Å². The number of anilines is 1. The molecule has 0 unspecified atom stereocenters. The van der Waals surface area contributed by atoms with E-state index in [2.05, 4.69) is 15.6 Å². The number of pyridine rings is 1. The minimum atomic E-state index is -0.120. The topological polar surface area (TPSA) is 58.4 Å². The molecule has 0 aliphatic heterocycles. The third-order valence-electron chi connectivity index (χ3n) is 4.04. The molecule has 5 heteroatoms. The Hall–Kier alpha value is -2.04. The van der Waals surface area contributed by atoms with Crippen LogP contribution >= 0.6 is 0 Å². The standard InChI is InChI=1S/C15H20N4O/c1-10-11(2)19-9-13(7-8-14(19)16-10)18-15(20)17-12-5-3-4-6-12/h7-9,12H,3-6H2,1-2H3,(H2,17,18,20). The first kappa shape index (κ1) is 13.0. The van der Waals surface area contributed by atoms with Crippen molar-refractivity contribution < 1.29 is 4.79 Å². The maximum atomic E-state index is 11.9. The molecular weight excluding hydrogens is 252 g/mol. The Kier molecular flexibility index (Phi) is 3.34. The van der Waals surface area contributed by atoms with Gasteiger partial charge in [0.25, 0.3) is 0 Å². The molecule has 20 heavy (non-hydrogen) atoms. The molecule has 106 valence electrons. The van der Waals surface area contributed by atoms with Crippen LogP contribution in [0.2, 0.25) is 0 Å². The van der Waals surface area contributed by atoms with Crippen LogP contribution in [0.25, 0.3) is 5.65 Å². The van der Waals surface area contributed by atoms with Gasteiger partial charge in [-0.3, -0.25) is 0 Å². The van der Waals surface area contributed by atoms with Crippen LogP contribution in [0, 0.1) is 13.8 Å². The fraction of sp³-hybridized carbons (Fsp3) is 0.467. The summed E-state index contributed by atoms with van der Waals surface area (Å²) in [7, 11) is 0. The zero-order valence-corrected chi connectivity index (χ0v) is 11.9. The Morgan fingerprint density at radius 3 is 2.80 bits per heavy atom. The minimum absolute atomic E-state index is 0.120. The van der Waals surface area contributed by atoms with E-state index in [1.807, 2.05) is 36.6 Å². The molecule has 1 fully saturated rings. The van der Waals surface area contributed by atoms with Gasteiger partial charge in [-0.15, -0.1) is 0 Å². The van der Waals surface area contributed by atoms with E-state index in [1.165, 1.54) is 12.8 Å². The molecule has 0 radical (unpaired) electrons. The quantitative estimate of drug-likeness (QED) is 0.883. The van der Waals surface area contributed by atoms with E-state index >= 15 is 0 Å². The van der Waals surface area contributed by atoms with Crippen molar-refractivity contribution in [1.82, 2.24) is 14.7 Å². The second-order valence-electron chi connectivity index (χ2n) is 5.51. The summed E-state index contributed by atoms with van der Waals surface area (Å²) in [6, 6.07) is 4.02. The van der Waals surface area contributed by atoms with Crippen molar-refractivity contribution in [1.29, 1.82) is 0 Å². The largest absolute Gasteiger partial charge is 0.335 e. The van der Waals surface area contributed by atoms with Crippen molar-refractivity contribution in [3.05, 3.63) is 29.7 Å². The zero-order chi connectivity index (χ0) is 14.1. The highest BCUT2D eigenvalue weighted by Crippen LogP contribution is 2.18. The van der Waals surface area contributed by atoms with E-state index in [0.29, 0.717) is 6.04 Å². The van der Waals surface area contributed by atoms with Crippen molar-refractivity contribution in [2.45, 2.75) is 45.6 Å². The third kappa shape index (κ3) is 2.48. The summed E-state index contributed by atoms with van der Waals surface area (Å²) in [5.41, 5.74) is 3.80. The molecule has 1 saturated carbocycles. The number of amides is 2. The molecule has 0 atom stereocenters. The number of hydrogen-bond acceptors (Lipinski definition) is 2. The van der Waals surface area contributed by atoms with Crippen LogP contribution in [-0.2, 0) is 0 Å². The molecule has 2 aromatic rings. The maximum Gasteiger partial charge on any atom is 0.319 e. The second kappa shape index (κ2) is 5.15. The van der Waals surface area contributed by atoms with Gasteiger partial charge in [-0.25, -0.2) is 9.78 Å². The van der Waals surface area contributed by atoms with Gasteiger partial charge in [0.1, 0.15) is 5.65 Å². The highest BCUT2D eigenvalue weighted by atomic mass is 16.2. The predicted molar refractivity (Wildman–Crippen MR) is 79.1 cm³/mol. The molecule has 2 amide bonds. The van der Waals surface area contributed by atoms with Crippen molar-refractivity contribution in [3.63, 3.8) is 0 Å². The summed E-state index contributed by atoms with van der Waals surface area (Å²) < 4.78 is 2.00. The summed E-state index contributed by atoms with van der Waals surface area (Å²) in [6.07, 6.45) is 6.52. The molecule has 2 heterocycles. The van der Waals surface area contributed by atoms with Crippen molar-refractivity contribution in [3.8, 4) is 0 Å². The number of urea groups is 1. The maximum absolute atomic E-state index is 11.9. The lowest BCUT2D eigenvalue weighted by atomic mass is 10.2. The van der Waals surface area contributed by atoms with Gasteiger partial charge in [0.15, 0.2) is 0 Å². The summed E-state index contributed by atoms with van der Waals surface area (Å²) in [5, 5.41) is 5.92. The van der Waals surface area contributed by atoms with E-state index in [4.69, 9.17) is 0 Å². The second-order valence-corrected chi connectivity index (χ2v) is 5.51. The fourth-order valence-corrected chi connectivity index (χ4v) is 2.78. The average Bonchev–Trinajstić information content (AvgIpc) is 3.00. The first-order chi connectivity index (χ1) is 9.63. The number of nitrogens with one attached hydrogen (secondary N) is 2. The van der Waals surface area contributed by atoms with Crippen LogP contribution in [0.3, 0.4) is 0 Å². The van der Waals surface area contributed by atoms with Crippen molar-refractivity contribution in [2.75, 3.05) is 5.32 Å². The lowest BCUT2D eigenvalue weighted by Crippen LogP contribution is -2.36. The molecule has 3 rings (SSSR count). The molecule has 0 spiro atoms. The molecule has 0 saturated heterocycles. The number of nitrogens with zero attached hydrogens (tertiary/aromatic N) is 2. The number of hydrogen-bond donors (Lipinski definition) is 2. The Morgan fingerprint density at radius 2 is 2.05 bits per heavy atom. The third-order valence-corrected chi connectivity index (χ3v) is 4.04. The van der Waals surface area contributed by atoms with Crippen LogP contribution in [0.5, 0.6) is 0 Å². The highest BCUT2D eigenvalue weighted by Gasteiger charge is 2.17. The Labute approximate surface area is 118 Å². The van der Waals surface area contributed by atoms with Gasteiger partial charge in [0, 0.05) is 17.9 Å². The van der Waals surface area contributed by atoms with E-state index in [1.54, 1.807) is 0 Å². The minimum Gasteiger partial charge on any atom is -0.335 e. The lowest BCUT2D eigenvalue weighted by molar-refractivity contribution is 0.248. The van der Waals surface area contributed by atoms with Crippen LogP contribution in [0.4, 0.5) is 10.5 Å². The monoisotopic (exact) mass is 272 g/mol. The van der Waals surface area contributed by atoms with E-state index < -0.39 is 0 Å². The number of carbonyl (C=O) groups excluding carboxylic acids is 1. The molecule has 0 aromatic carbocycles. The van der Waals surface area contributed by atoms with Crippen molar-refractivity contribution in [2.24, 2.45) is 0 Å². The number of aryl methyl sites for hydroxylation is 2. The van der Waals surface area contributed by atoms with Crippen LogP contribution < -0.4 is 10.6 Å². The molecule has 0 bridgehead atoms. The highest BCUT2D eigenvalue weighted by molar-refractivity contribution is 5.89. The summed E-state index contributed by atoms with van der Waals surface area (Å²) in [6.45, 7) is 4.01. The normalized spacial score (nSPS) is 15.7. The van der Waals surface area contributed by atoms with Gasteiger partial charge < -0.3 is 15.0 Å². The van der Waals surface area contributed by atoms with Gasteiger partial charge in [-0.05, 0) is 38.8 Å². The molecule has 1 aliphatic rings. The lowest BCUT2D eigenvalue weighted by Gasteiger charge is -2.13. The van der Waals surface area contributed by atoms with Gasteiger partial charge in [-0.2, -0.15) is 0 Å². The summed E-state index contributed by atoms with van der Waals surface area (Å²) in [4.78, 5) is 16.4. The van der Waals surface area contributed by atoms with Gasteiger partial charge in [0.2, 0.25) is 0 Å². The Bertz CT molecular complexity index is 641. The van der Waals surface area contributed by atoms with E-state index in [0.717, 1.165) is 35.6 Å². The van der Waals surface area contributed by atoms with Gasteiger partial charge in [-0.1, -0.05) is 12.8 Å². The number of fused-ring (bicyclic) bond motifs is 1. The average molecular weight is 272 g/mol. The molecule has 5 nitrogen and oxygen atoms in total. The van der Waals surface area contributed by atoms with Crippen LogP contribution in [0.15, 0.2) is 18.3 Å². The molecule has 2 aromatic heterocycles. The number of aromatic nitrogens is 2. The summed E-state index contributed by atoms with van der Waals surface area (Å²) in [5.74, 6) is 0. The fourth-order valence-electron chi connectivity index (χ4n) is 2.78. The first-order valence-corrected chi connectivity index (χ1v) is 7.16. The molecular formula is C15H20N4O. The Morgan fingerprint density at radius 1 is 1.30 bits per heavy atom. The van der Waals surface area contributed by atoms with Gasteiger partial charge >= 0.3 is 6.03 Å². The number of carbonyl (C=O) groups is 1. The first-order valence-electron chi connectivity index (χ1n) is 7.16. The Balaban J connectivity index is 1.73. The summed E-state index contributed by atoms with van der Waals surface area (Å²) >= 11 is 0. The van der Waals surface area contributed by atoms with Crippen LogP contribution in [0.1, 0.15) is 37.1 Å². The predicted octanol–water partition coefficient (Wildman–Crippen LogP) is 3.02. The zero-order valence-electron chi connectivity index (χ0n) is 11.9. The molecule has 1 aliphatic carbocycles.